The van der Waals surface area contributed by atoms with Crippen LogP contribution in [0.4, 0.5) is 4.39 Å². The van der Waals surface area contributed by atoms with Crippen LogP contribution in [0.25, 0.3) is 0 Å². The van der Waals surface area contributed by atoms with Gasteiger partial charge in [0, 0.05) is 0 Å². The minimum absolute atomic E-state index is 0.0535. The average molecular weight is 250 g/mol. The van der Waals surface area contributed by atoms with Crippen molar-refractivity contribution in [1.29, 1.82) is 0 Å². The van der Waals surface area contributed by atoms with Gasteiger partial charge >= 0.3 is 0 Å². The van der Waals surface area contributed by atoms with E-state index in [1.807, 2.05) is 13.0 Å². The van der Waals surface area contributed by atoms with E-state index in [1.165, 1.54) is 6.07 Å². The van der Waals surface area contributed by atoms with Crippen LogP contribution >= 0.6 is 0 Å². The summed E-state index contributed by atoms with van der Waals surface area (Å²) in [5, 5.41) is 9.88. The fourth-order valence-corrected chi connectivity index (χ4v) is 3.06. The number of hydrogen-bond acceptors (Lipinski definition) is 1. The maximum absolute atomic E-state index is 13.2. The van der Waals surface area contributed by atoms with Crippen LogP contribution in [0.1, 0.15) is 51.5 Å². The Hall–Kier alpha value is -0.890. The van der Waals surface area contributed by atoms with Crippen LogP contribution in [0.2, 0.25) is 0 Å². The first-order chi connectivity index (χ1) is 8.41. The van der Waals surface area contributed by atoms with Gasteiger partial charge in [-0.15, -0.1) is 0 Å². The van der Waals surface area contributed by atoms with Gasteiger partial charge < -0.3 is 5.11 Å². The van der Waals surface area contributed by atoms with Crippen molar-refractivity contribution in [2.45, 2.75) is 52.1 Å². The second-order valence-electron chi connectivity index (χ2n) is 6.26. The van der Waals surface area contributed by atoms with Gasteiger partial charge in [0.1, 0.15) is 5.82 Å². The Balaban J connectivity index is 2.09. The van der Waals surface area contributed by atoms with Gasteiger partial charge in [0.25, 0.3) is 0 Å². The van der Waals surface area contributed by atoms with Crippen molar-refractivity contribution >= 4 is 0 Å². The number of hydrogen-bond donors (Lipinski definition) is 1. The van der Waals surface area contributed by atoms with Crippen molar-refractivity contribution in [1.82, 2.24) is 0 Å². The smallest absolute Gasteiger partial charge is 0.123 e. The molecular weight excluding hydrogens is 227 g/mol. The summed E-state index contributed by atoms with van der Waals surface area (Å²) >= 11 is 0. The SMILES string of the molecule is CC(O)C(C)(C)[C@H]1CC[C@@H](c2cccc(F)c2)C1. The summed E-state index contributed by atoms with van der Waals surface area (Å²) in [6.07, 6.45) is 2.98. The Labute approximate surface area is 109 Å². The highest BCUT2D eigenvalue weighted by molar-refractivity contribution is 5.22. The molecule has 3 atom stereocenters. The van der Waals surface area contributed by atoms with Crippen molar-refractivity contribution < 1.29 is 9.50 Å². The van der Waals surface area contributed by atoms with Crippen LogP contribution < -0.4 is 0 Å². The molecule has 100 valence electrons. The lowest BCUT2D eigenvalue weighted by Crippen LogP contribution is -2.33. The highest BCUT2D eigenvalue weighted by atomic mass is 19.1. The van der Waals surface area contributed by atoms with Gasteiger partial charge in [-0.05, 0) is 61.1 Å². The molecule has 0 spiro atoms. The molecule has 1 unspecified atom stereocenters. The topological polar surface area (TPSA) is 20.2 Å². The average Bonchev–Trinajstić information content (AvgIpc) is 2.78. The van der Waals surface area contributed by atoms with E-state index in [4.69, 9.17) is 0 Å². The van der Waals surface area contributed by atoms with Crippen molar-refractivity contribution in [3.63, 3.8) is 0 Å². The minimum Gasteiger partial charge on any atom is -0.393 e. The molecule has 1 N–H and O–H groups in total. The number of halogens is 1. The molecule has 0 heterocycles. The quantitative estimate of drug-likeness (QED) is 0.855. The van der Waals surface area contributed by atoms with E-state index in [0.29, 0.717) is 11.8 Å². The Morgan fingerprint density at radius 1 is 1.33 bits per heavy atom. The predicted molar refractivity (Wildman–Crippen MR) is 71.9 cm³/mol. The van der Waals surface area contributed by atoms with E-state index in [0.717, 1.165) is 24.8 Å². The summed E-state index contributed by atoms with van der Waals surface area (Å²) in [7, 11) is 0. The number of rotatable bonds is 3. The van der Waals surface area contributed by atoms with Crippen molar-refractivity contribution in [2.75, 3.05) is 0 Å². The molecule has 2 rings (SSSR count). The van der Waals surface area contributed by atoms with Gasteiger partial charge in [-0.3, -0.25) is 0 Å². The highest BCUT2D eigenvalue weighted by Crippen LogP contribution is 2.47. The summed E-state index contributed by atoms with van der Waals surface area (Å²) < 4.78 is 13.2. The third kappa shape index (κ3) is 2.59. The minimum atomic E-state index is -0.297. The third-order valence-corrected chi connectivity index (χ3v) is 4.88. The summed E-state index contributed by atoms with van der Waals surface area (Å²) in [4.78, 5) is 0. The molecule has 1 fully saturated rings. The van der Waals surface area contributed by atoms with Crippen LogP contribution in [0, 0.1) is 17.2 Å². The van der Waals surface area contributed by atoms with Gasteiger partial charge in [-0.2, -0.15) is 0 Å². The highest BCUT2D eigenvalue weighted by Gasteiger charge is 2.39. The molecule has 1 aromatic carbocycles. The lowest BCUT2D eigenvalue weighted by atomic mass is 9.73. The van der Waals surface area contributed by atoms with Crippen LogP contribution in [0.5, 0.6) is 0 Å². The molecule has 1 aliphatic carbocycles. The van der Waals surface area contributed by atoms with Gasteiger partial charge in [0.2, 0.25) is 0 Å². The summed E-state index contributed by atoms with van der Waals surface area (Å²) in [5.41, 5.74) is 1.06. The lowest BCUT2D eigenvalue weighted by Gasteiger charge is -2.34. The van der Waals surface area contributed by atoms with E-state index in [1.54, 1.807) is 12.1 Å². The maximum atomic E-state index is 13.2. The van der Waals surface area contributed by atoms with Crippen molar-refractivity contribution in [3.8, 4) is 0 Å². The van der Waals surface area contributed by atoms with Crippen molar-refractivity contribution in [3.05, 3.63) is 35.6 Å². The molecule has 2 heteroatoms. The van der Waals surface area contributed by atoms with Crippen LogP contribution in [-0.2, 0) is 0 Å². The zero-order valence-corrected chi connectivity index (χ0v) is 11.5. The first-order valence-corrected chi connectivity index (χ1v) is 6.84. The second-order valence-corrected chi connectivity index (χ2v) is 6.26. The van der Waals surface area contributed by atoms with Gasteiger partial charge in [-0.25, -0.2) is 4.39 Å². The number of aliphatic hydroxyl groups excluding tert-OH is 1. The normalized spacial score (nSPS) is 26.3. The number of aliphatic hydroxyl groups is 1. The van der Waals surface area contributed by atoms with Crippen molar-refractivity contribution in [2.24, 2.45) is 11.3 Å². The summed E-state index contributed by atoms with van der Waals surface area (Å²) in [6, 6.07) is 6.96. The molecule has 18 heavy (non-hydrogen) atoms. The molecule has 1 aromatic rings. The monoisotopic (exact) mass is 250 g/mol. The van der Waals surface area contributed by atoms with Gasteiger partial charge in [0.05, 0.1) is 6.10 Å². The Bertz CT molecular complexity index is 411. The first kappa shape index (κ1) is 13.5. The third-order valence-electron chi connectivity index (χ3n) is 4.88. The largest absolute Gasteiger partial charge is 0.393 e. The fourth-order valence-electron chi connectivity index (χ4n) is 3.06. The van der Waals surface area contributed by atoms with E-state index >= 15 is 0 Å². The molecule has 0 bridgehead atoms. The fraction of sp³-hybridized carbons (Fsp3) is 0.625. The first-order valence-electron chi connectivity index (χ1n) is 6.84. The zero-order valence-electron chi connectivity index (χ0n) is 11.5. The molecule has 1 aliphatic rings. The Kier molecular flexibility index (Phi) is 3.76. The Morgan fingerprint density at radius 3 is 2.67 bits per heavy atom. The molecule has 0 saturated heterocycles. The van der Waals surface area contributed by atoms with Crippen LogP contribution in [-0.4, -0.2) is 11.2 Å². The van der Waals surface area contributed by atoms with E-state index < -0.39 is 0 Å². The molecule has 1 saturated carbocycles. The summed E-state index contributed by atoms with van der Waals surface area (Å²) in [6.45, 7) is 6.14. The number of benzene rings is 1. The molecule has 0 amide bonds. The molecule has 0 aliphatic heterocycles. The zero-order chi connectivity index (χ0) is 13.3. The molecular formula is C16H23FO. The standard InChI is InChI=1S/C16H23FO/c1-11(18)16(2,3)14-8-7-13(9-14)12-5-4-6-15(17)10-12/h4-6,10-11,13-14,18H,7-9H2,1-3H3/t11?,13-,14+/m1/s1. The Morgan fingerprint density at radius 2 is 2.06 bits per heavy atom. The van der Waals surface area contributed by atoms with Gasteiger partial charge in [-0.1, -0.05) is 26.0 Å². The van der Waals surface area contributed by atoms with Crippen LogP contribution in [0.15, 0.2) is 24.3 Å². The van der Waals surface area contributed by atoms with E-state index in [-0.39, 0.29) is 17.3 Å². The molecule has 0 radical (unpaired) electrons. The van der Waals surface area contributed by atoms with E-state index in [2.05, 4.69) is 13.8 Å². The molecule has 1 nitrogen and oxygen atoms in total. The maximum Gasteiger partial charge on any atom is 0.123 e. The second kappa shape index (κ2) is 5.00. The lowest BCUT2D eigenvalue weighted by molar-refractivity contribution is 0.0210. The van der Waals surface area contributed by atoms with E-state index in [9.17, 15) is 9.50 Å². The molecule has 0 aromatic heterocycles. The predicted octanol–water partition coefficient (Wildman–Crippen LogP) is 4.12. The summed E-state index contributed by atoms with van der Waals surface area (Å²) in [5.74, 6) is 0.820. The van der Waals surface area contributed by atoms with Gasteiger partial charge in [0.15, 0.2) is 0 Å². The van der Waals surface area contributed by atoms with Crippen LogP contribution in [0.3, 0.4) is 0 Å².